The van der Waals surface area contributed by atoms with Crippen molar-refractivity contribution in [3.63, 3.8) is 0 Å². The van der Waals surface area contributed by atoms with E-state index < -0.39 is 0 Å². The van der Waals surface area contributed by atoms with Crippen molar-refractivity contribution in [2.75, 3.05) is 32.7 Å². The van der Waals surface area contributed by atoms with E-state index in [4.69, 9.17) is 0 Å². The van der Waals surface area contributed by atoms with Gasteiger partial charge in [-0.05, 0) is 24.5 Å². The Labute approximate surface area is 111 Å². The van der Waals surface area contributed by atoms with E-state index in [0.717, 1.165) is 32.7 Å². The summed E-state index contributed by atoms with van der Waals surface area (Å²) in [5, 5.41) is 5.63. The molecule has 0 bridgehead atoms. The van der Waals surface area contributed by atoms with Gasteiger partial charge in [0.15, 0.2) is 0 Å². The summed E-state index contributed by atoms with van der Waals surface area (Å²) in [7, 11) is 0. The third kappa shape index (κ3) is 3.95. The maximum atomic E-state index is 3.44. The fourth-order valence-electron chi connectivity index (χ4n) is 2.35. The lowest BCUT2D eigenvalue weighted by Crippen LogP contribution is -2.40. The number of rotatable bonds is 2. The van der Waals surface area contributed by atoms with Crippen molar-refractivity contribution >= 4 is 0 Å². The van der Waals surface area contributed by atoms with Crippen LogP contribution in [-0.2, 0) is 0 Å². The highest BCUT2D eigenvalue weighted by Crippen LogP contribution is 2.18. The van der Waals surface area contributed by atoms with E-state index in [1.165, 1.54) is 12.1 Å². The van der Waals surface area contributed by atoms with Crippen LogP contribution in [0.25, 0.3) is 0 Å². The van der Waals surface area contributed by atoms with E-state index >= 15 is 0 Å². The predicted molar refractivity (Wildman–Crippen MR) is 75.6 cm³/mol. The fraction of sp³-hybridized carbons (Fsp3) is 0.714. The molecule has 1 fully saturated rings. The average molecular weight is 250 g/mol. The van der Waals surface area contributed by atoms with Crippen molar-refractivity contribution in [3.05, 3.63) is 24.2 Å². The summed E-state index contributed by atoms with van der Waals surface area (Å²) in [5.41, 5.74) is 4.91. The molecule has 2 N–H and O–H groups in total. The van der Waals surface area contributed by atoms with Crippen molar-refractivity contribution in [2.24, 2.45) is 5.41 Å². The van der Waals surface area contributed by atoms with Crippen LogP contribution in [0.1, 0.15) is 27.2 Å². The molecular formula is C14H26N4. The molecule has 4 nitrogen and oxygen atoms in total. The van der Waals surface area contributed by atoms with Crippen LogP contribution in [0.5, 0.6) is 0 Å². The van der Waals surface area contributed by atoms with Gasteiger partial charge < -0.3 is 15.6 Å². The van der Waals surface area contributed by atoms with Gasteiger partial charge in [0.05, 0.1) is 5.70 Å². The van der Waals surface area contributed by atoms with E-state index in [0.29, 0.717) is 5.41 Å². The van der Waals surface area contributed by atoms with Gasteiger partial charge in [-0.1, -0.05) is 20.8 Å². The lowest BCUT2D eigenvalue weighted by molar-refractivity contribution is 0.205. The molecule has 102 valence electrons. The number of nitrogens with zero attached hydrogens (tertiary/aromatic N) is 2. The fourth-order valence-corrected chi connectivity index (χ4v) is 2.35. The van der Waals surface area contributed by atoms with Crippen molar-refractivity contribution in [3.8, 4) is 0 Å². The SMILES string of the molecule is CC(C)(C)CN1C=C(N2CCCNCC2)C=CN1. The van der Waals surface area contributed by atoms with Crippen LogP contribution in [0.15, 0.2) is 24.2 Å². The van der Waals surface area contributed by atoms with Crippen molar-refractivity contribution in [2.45, 2.75) is 27.2 Å². The van der Waals surface area contributed by atoms with E-state index in [1.807, 2.05) is 6.20 Å². The van der Waals surface area contributed by atoms with Gasteiger partial charge >= 0.3 is 0 Å². The number of hydrogen-bond donors (Lipinski definition) is 2. The van der Waals surface area contributed by atoms with Crippen LogP contribution >= 0.6 is 0 Å². The van der Waals surface area contributed by atoms with Crippen LogP contribution in [0, 0.1) is 5.41 Å². The number of hydrazine groups is 1. The maximum Gasteiger partial charge on any atom is 0.0563 e. The highest BCUT2D eigenvalue weighted by atomic mass is 15.5. The van der Waals surface area contributed by atoms with Crippen molar-refractivity contribution in [1.29, 1.82) is 0 Å². The highest BCUT2D eigenvalue weighted by molar-refractivity contribution is 5.19. The normalized spacial score (nSPS) is 21.4. The molecule has 0 aromatic heterocycles. The van der Waals surface area contributed by atoms with E-state index in [-0.39, 0.29) is 0 Å². The van der Waals surface area contributed by atoms with Gasteiger partial charge in [-0.15, -0.1) is 0 Å². The summed E-state index contributed by atoms with van der Waals surface area (Å²) in [6.45, 7) is 12.2. The first kappa shape index (κ1) is 13.3. The second-order valence-electron chi connectivity index (χ2n) is 6.30. The highest BCUT2D eigenvalue weighted by Gasteiger charge is 2.18. The zero-order valence-corrected chi connectivity index (χ0v) is 11.9. The Morgan fingerprint density at radius 2 is 2.06 bits per heavy atom. The number of nitrogens with one attached hydrogen (secondary N) is 2. The van der Waals surface area contributed by atoms with Crippen LogP contribution in [0.3, 0.4) is 0 Å². The van der Waals surface area contributed by atoms with Gasteiger partial charge in [-0.3, -0.25) is 5.01 Å². The Morgan fingerprint density at radius 1 is 1.22 bits per heavy atom. The Kier molecular flexibility index (Phi) is 4.17. The molecule has 0 aliphatic carbocycles. The monoisotopic (exact) mass is 250 g/mol. The minimum atomic E-state index is 0.292. The zero-order valence-electron chi connectivity index (χ0n) is 11.9. The predicted octanol–water partition coefficient (Wildman–Crippen LogP) is 1.50. The quantitative estimate of drug-likeness (QED) is 0.777. The summed E-state index contributed by atoms with van der Waals surface area (Å²) >= 11 is 0. The summed E-state index contributed by atoms with van der Waals surface area (Å²) in [4.78, 5) is 2.47. The van der Waals surface area contributed by atoms with Crippen LogP contribution < -0.4 is 10.7 Å². The zero-order chi connectivity index (χ0) is 13.0. The largest absolute Gasteiger partial charge is 0.369 e. The smallest absolute Gasteiger partial charge is 0.0563 e. The minimum absolute atomic E-state index is 0.292. The molecule has 2 heterocycles. The Hall–Kier alpha value is -1.16. The molecule has 0 atom stereocenters. The van der Waals surface area contributed by atoms with Gasteiger partial charge in [-0.25, -0.2) is 0 Å². The third-order valence-corrected chi connectivity index (χ3v) is 3.13. The molecule has 0 unspecified atom stereocenters. The number of hydrogen-bond acceptors (Lipinski definition) is 4. The lowest BCUT2D eigenvalue weighted by Gasteiger charge is -2.34. The van der Waals surface area contributed by atoms with Crippen LogP contribution in [-0.4, -0.2) is 42.6 Å². The molecule has 1 saturated heterocycles. The molecule has 2 aliphatic rings. The third-order valence-electron chi connectivity index (χ3n) is 3.13. The Bertz CT molecular complexity index is 319. The van der Waals surface area contributed by atoms with Gasteiger partial charge in [0, 0.05) is 38.6 Å². The molecule has 0 saturated carbocycles. The molecule has 18 heavy (non-hydrogen) atoms. The first-order valence-corrected chi connectivity index (χ1v) is 6.91. The summed E-state index contributed by atoms with van der Waals surface area (Å²) in [6, 6.07) is 0. The Morgan fingerprint density at radius 3 is 2.83 bits per heavy atom. The van der Waals surface area contributed by atoms with E-state index in [9.17, 15) is 0 Å². The molecule has 0 aromatic rings. The first-order valence-electron chi connectivity index (χ1n) is 6.91. The Balaban J connectivity index is 2.00. The molecular weight excluding hydrogens is 224 g/mol. The number of allylic oxidation sites excluding steroid dienone is 1. The van der Waals surface area contributed by atoms with Gasteiger partial charge in [0.1, 0.15) is 0 Å². The van der Waals surface area contributed by atoms with Crippen molar-refractivity contribution in [1.82, 2.24) is 20.7 Å². The van der Waals surface area contributed by atoms with Gasteiger partial charge in [0.25, 0.3) is 0 Å². The van der Waals surface area contributed by atoms with Crippen LogP contribution in [0.2, 0.25) is 0 Å². The first-order chi connectivity index (χ1) is 8.54. The molecule has 0 radical (unpaired) electrons. The molecule has 2 rings (SSSR count). The summed E-state index contributed by atoms with van der Waals surface area (Å²) in [5.74, 6) is 0. The minimum Gasteiger partial charge on any atom is -0.369 e. The van der Waals surface area contributed by atoms with E-state index in [2.05, 4.69) is 53.7 Å². The standard InChI is InChI=1S/C14H26N4/c1-14(2,3)12-18-11-13(5-7-16-18)17-9-4-6-15-8-10-17/h5,7,11,15-16H,4,6,8-10,12H2,1-3H3. The molecule has 0 aromatic carbocycles. The second kappa shape index (κ2) is 5.65. The average Bonchev–Trinajstić information content (AvgIpc) is 2.55. The van der Waals surface area contributed by atoms with E-state index in [1.54, 1.807) is 0 Å². The summed E-state index contributed by atoms with van der Waals surface area (Å²) < 4.78 is 0. The molecule has 4 heteroatoms. The lowest BCUT2D eigenvalue weighted by atomic mass is 9.97. The molecule has 0 spiro atoms. The van der Waals surface area contributed by atoms with Gasteiger partial charge in [0.2, 0.25) is 0 Å². The topological polar surface area (TPSA) is 30.5 Å². The maximum absolute atomic E-state index is 3.44. The molecule has 2 aliphatic heterocycles. The van der Waals surface area contributed by atoms with Gasteiger partial charge in [-0.2, -0.15) is 0 Å². The summed E-state index contributed by atoms with van der Waals surface area (Å²) in [6.07, 6.45) is 7.67. The molecule has 0 amide bonds. The van der Waals surface area contributed by atoms with Crippen LogP contribution in [0.4, 0.5) is 0 Å². The second-order valence-corrected chi connectivity index (χ2v) is 6.30. The van der Waals surface area contributed by atoms with Crippen molar-refractivity contribution < 1.29 is 0 Å².